The number of aromatic nitrogens is 2. The number of anilines is 1. The van der Waals surface area contributed by atoms with Crippen LogP contribution >= 0.6 is 0 Å². The fourth-order valence-corrected chi connectivity index (χ4v) is 1.99. The topological polar surface area (TPSA) is 59.6 Å². The molecule has 1 aliphatic heterocycles. The van der Waals surface area contributed by atoms with Gasteiger partial charge in [0.15, 0.2) is 0 Å². The van der Waals surface area contributed by atoms with Gasteiger partial charge in [0.25, 0.3) is 0 Å². The number of alkyl halides is 3. The van der Waals surface area contributed by atoms with Crippen molar-refractivity contribution < 1.29 is 18.9 Å². The molecule has 90 valence electrons. The van der Waals surface area contributed by atoms with Crippen LogP contribution in [0.25, 0.3) is 0 Å². The Balaban J connectivity index is 2.16. The minimum atomic E-state index is -4.26. The summed E-state index contributed by atoms with van der Waals surface area (Å²) in [6.07, 6.45) is -2.16. The number of hydrogen-bond acceptors (Lipinski definition) is 2. The van der Waals surface area contributed by atoms with E-state index in [9.17, 15) is 13.2 Å². The first kappa shape index (κ1) is 11.3. The minimum Gasteiger partial charge on any atom is -0.350 e. The van der Waals surface area contributed by atoms with Crippen molar-refractivity contribution in [3.05, 3.63) is 12.3 Å². The largest absolute Gasteiger partial charge is 0.445 e. The minimum absolute atomic E-state index is 0.0845. The number of nitrogens with zero attached hydrogens (tertiary/aromatic N) is 2. The van der Waals surface area contributed by atoms with Crippen molar-refractivity contribution in [1.82, 2.24) is 10.2 Å². The van der Waals surface area contributed by atoms with Gasteiger partial charge in [-0.3, -0.25) is 5.10 Å². The zero-order chi connectivity index (χ0) is 11.8. The van der Waals surface area contributed by atoms with E-state index in [-0.39, 0.29) is 13.0 Å². The zero-order valence-corrected chi connectivity index (χ0v) is 8.72. The zero-order valence-electron chi connectivity index (χ0n) is 8.72. The van der Waals surface area contributed by atoms with Crippen LogP contribution < -0.4 is 10.6 Å². The third-order valence-electron chi connectivity index (χ3n) is 3.00. The van der Waals surface area contributed by atoms with Gasteiger partial charge in [-0.2, -0.15) is 18.3 Å². The van der Waals surface area contributed by atoms with Crippen molar-refractivity contribution in [3.8, 4) is 0 Å². The van der Waals surface area contributed by atoms with Crippen LogP contribution in [0.4, 0.5) is 19.0 Å². The summed E-state index contributed by atoms with van der Waals surface area (Å²) in [5, 5.41) is 6.42. The Morgan fingerprint density at radius 3 is 2.81 bits per heavy atom. The summed E-state index contributed by atoms with van der Waals surface area (Å²) in [5.41, 5.74) is 1.49. The van der Waals surface area contributed by atoms with Crippen LogP contribution in [0.1, 0.15) is 12.8 Å². The molecule has 1 aromatic rings. The first-order chi connectivity index (χ1) is 7.42. The summed E-state index contributed by atoms with van der Waals surface area (Å²) >= 11 is 0. The molecule has 7 heteroatoms. The van der Waals surface area contributed by atoms with Crippen molar-refractivity contribution in [3.63, 3.8) is 0 Å². The fraction of sp³-hybridized carbons (Fsp3) is 0.667. The molecule has 1 unspecified atom stereocenters. The van der Waals surface area contributed by atoms with Crippen LogP contribution in [-0.4, -0.2) is 35.0 Å². The predicted octanol–water partition coefficient (Wildman–Crippen LogP) is 0.553. The van der Waals surface area contributed by atoms with E-state index >= 15 is 0 Å². The van der Waals surface area contributed by atoms with E-state index < -0.39 is 11.7 Å². The highest BCUT2D eigenvalue weighted by atomic mass is 19.4. The summed E-state index contributed by atoms with van der Waals surface area (Å²) in [6, 6.07) is 1.67. The number of nitrogens with one attached hydrogen (secondary N) is 1. The van der Waals surface area contributed by atoms with E-state index in [1.165, 1.54) is 6.20 Å². The molecule has 4 N–H and O–H groups in total. The molecule has 1 aromatic heterocycles. The molecule has 2 heterocycles. The van der Waals surface area contributed by atoms with Gasteiger partial charge in [-0.15, -0.1) is 0 Å². The number of halogens is 3. The van der Waals surface area contributed by atoms with E-state index in [1.807, 2.05) is 0 Å². The lowest BCUT2D eigenvalue weighted by atomic mass is 9.89. The van der Waals surface area contributed by atoms with E-state index in [4.69, 9.17) is 0 Å². The standard InChI is InChI=1S/C9H13F3N4/c10-9(11,12)8(13)3-1-5-16(6-8)7-2-4-14-15-7/h2,4H,1,3,5-6,13H2,(H,14,15)/p+1. The van der Waals surface area contributed by atoms with Gasteiger partial charge in [0.1, 0.15) is 5.82 Å². The molecule has 0 saturated carbocycles. The van der Waals surface area contributed by atoms with Crippen molar-refractivity contribution >= 4 is 5.82 Å². The molecule has 0 radical (unpaired) electrons. The Morgan fingerprint density at radius 1 is 1.50 bits per heavy atom. The van der Waals surface area contributed by atoms with Crippen molar-refractivity contribution in [2.75, 3.05) is 18.0 Å². The van der Waals surface area contributed by atoms with E-state index in [1.54, 1.807) is 11.0 Å². The molecule has 1 saturated heterocycles. The maximum absolute atomic E-state index is 12.8. The summed E-state index contributed by atoms with van der Waals surface area (Å²) in [4.78, 5) is 1.65. The average Bonchev–Trinajstić information content (AvgIpc) is 2.68. The van der Waals surface area contributed by atoms with Gasteiger partial charge in [-0.25, -0.2) is 0 Å². The van der Waals surface area contributed by atoms with Gasteiger partial charge in [0.05, 0.1) is 12.7 Å². The normalized spacial score (nSPS) is 27.1. The smallest absolute Gasteiger partial charge is 0.350 e. The second kappa shape index (κ2) is 3.65. The van der Waals surface area contributed by atoms with Crippen LogP contribution in [0.15, 0.2) is 12.3 Å². The van der Waals surface area contributed by atoms with Gasteiger partial charge in [0, 0.05) is 19.0 Å². The third kappa shape index (κ3) is 1.87. The molecule has 0 spiro atoms. The van der Waals surface area contributed by atoms with Crippen molar-refractivity contribution in [2.45, 2.75) is 24.6 Å². The Kier molecular flexibility index (Phi) is 2.57. The Morgan fingerprint density at radius 2 is 2.25 bits per heavy atom. The lowest BCUT2D eigenvalue weighted by molar-refractivity contribution is -0.539. The van der Waals surface area contributed by atoms with Gasteiger partial charge in [0.2, 0.25) is 5.54 Å². The lowest BCUT2D eigenvalue weighted by Gasteiger charge is -2.38. The average molecular weight is 235 g/mol. The van der Waals surface area contributed by atoms with E-state index in [0.29, 0.717) is 18.8 Å². The molecular formula is C9H14F3N4+. The van der Waals surface area contributed by atoms with E-state index in [0.717, 1.165) is 0 Å². The summed E-state index contributed by atoms with van der Waals surface area (Å²) in [5.74, 6) is 0.622. The van der Waals surface area contributed by atoms with Gasteiger partial charge in [-0.1, -0.05) is 0 Å². The maximum Gasteiger partial charge on any atom is 0.445 e. The van der Waals surface area contributed by atoms with Crippen LogP contribution in [-0.2, 0) is 0 Å². The molecule has 1 atom stereocenters. The number of H-pyrrole nitrogens is 1. The summed E-state index contributed by atoms with van der Waals surface area (Å²) in [6.45, 7) is 0.494. The molecule has 1 fully saturated rings. The Labute approximate surface area is 90.6 Å². The van der Waals surface area contributed by atoms with Crippen LogP contribution in [0, 0.1) is 0 Å². The number of piperidine rings is 1. The first-order valence-corrected chi connectivity index (χ1v) is 5.09. The molecule has 0 amide bonds. The second-order valence-electron chi connectivity index (χ2n) is 4.25. The molecule has 0 aromatic carbocycles. The number of aromatic amines is 1. The fourth-order valence-electron chi connectivity index (χ4n) is 1.99. The van der Waals surface area contributed by atoms with Crippen LogP contribution in [0.3, 0.4) is 0 Å². The quantitative estimate of drug-likeness (QED) is 0.747. The maximum atomic E-state index is 12.8. The lowest BCUT2D eigenvalue weighted by Crippen LogP contribution is -2.84. The van der Waals surface area contributed by atoms with Gasteiger partial charge < -0.3 is 10.6 Å². The summed E-state index contributed by atoms with van der Waals surface area (Å²) < 4.78 is 38.5. The van der Waals surface area contributed by atoms with Crippen molar-refractivity contribution in [1.29, 1.82) is 0 Å². The molecule has 1 aliphatic rings. The molecule has 0 bridgehead atoms. The monoisotopic (exact) mass is 235 g/mol. The van der Waals surface area contributed by atoms with Gasteiger partial charge >= 0.3 is 6.18 Å². The third-order valence-corrected chi connectivity index (χ3v) is 3.00. The van der Waals surface area contributed by atoms with Gasteiger partial charge in [-0.05, 0) is 6.42 Å². The number of quaternary nitrogens is 1. The number of rotatable bonds is 1. The molecule has 16 heavy (non-hydrogen) atoms. The van der Waals surface area contributed by atoms with E-state index in [2.05, 4.69) is 15.9 Å². The SMILES string of the molecule is [NH3+]C1(C(F)(F)F)CCCN(c2ccn[nH]2)C1. The predicted molar refractivity (Wildman–Crippen MR) is 51.7 cm³/mol. The van der Waals surface area contributed by atoms with Crippen LogP contribution in [0.2, 0.25) is 0 Å². The second-order valence-corrected chi connectivity index (χ2v) is 4.25. The number of hydrogen-bond donors (Lipinski definition) is 2. The Hall–Kier alpha value is -1.24. The summed E-state index contributed by atoms with van der Waals surface area (Å²) in [7, 11) is 0. The highest BCUT2D eigenvalue weighted by Crippen LogP contribution is 2.34. The molecule has 0 aliphatic carbocycles. The Bertz CT molecular complexity index is 348. The highest BCUT2D eigenvalue weighted by Gasteiger charge is 2.57. The van der Waals surface area contributed by atoms with Crippen molar-refractivity contribution in [2.24, 2.45) is 0 Å². The van der Waals surface area contributed by atoms with Crippen LogP contribution in [0.5, 0.6) is 0 Å². The molecule has 4 nitrogen and oxygen atoms in total. The first-order valence-electron chi connectivity index (χ1n) is 5.09. The molecular weight excluding hydrogens is 221 g/mol. The highest BCUT2D eigenvalue weighted by molar-refractivity contribution is 5.38. The molecule has 2 rings (SSSR count).